The van der Waals surface area contributed by atoms with Gasteiger partial charge < -0.3 is 10.6 Å². The Hall–Kier alpha value is -1.00. The second-order valence-electron chi connectivity index (χ2n) is 6.18. The van der Waals surface area contributed by atoms with Gasteiger partial charge in [0.2, 0.25) is 5.91 Å². The summed E-state index contributed by atoms with van der Waals surface area (Å²) in [6.07, 6.45) is 4.83. The SMILES string of the molecule is CSc1cccc(CN(C(=O)C2CCC(N)C2)C(C)C)c1. The largest absolute Gasteiger partial charge is 0.336 e. The Bertz CT molecular complexity index is 489. The monoisotopic (exact) mass is 306 g/mol. The predicted octanol–water partition coefficient (Wildman–Crippen LogP) is 3.27. The molecule has 2 atom stereocenters. The van der Waals surface area contributed by atoms with Gasteiger partial charge in [-0.3, -0.25) is 4.79 Å². The number of carbonyl (C=O) groups is 1. The molecule has 4 heteroatoms. The molecule has 1 aliphatic rings. The normalized spacial score (nSPS) is 21.8. The molecule has 2 unspecified atom stereocenters. The van der Waals surface area contributed by atoms with Crippen molar-refractivity contribution in [2.45, 2.75) is 56.6 Å². The van der Waals surface area contributed by atoms with Crippen molar-refractivity contribution in [2.75, 3.05) is 6.26 Å². The number of hydrogen-bond donors (Lipinski definition) is 1. The Morgan fingerprint density at radius 3 is 2.76 bits per heavy atom. The van der Waals surface area contributed by atoms with Gasteiger partial charge in [-0.05, 0) is 57.1 Å². The van der Waals surface area contributed by atoms with Crippen molar-refractivity contribution in [3.63, 3.8) is 0 Å². The van der Waals surface area contributed by atoms with Crippen LogP contribution in [0.3, 0.4) is 0 Å². The molecule has 21 heavy (non-hydrogen) atoms. The molecule has 1 aromatic rings. The fourth-order valence-electron chi connectivity index (χ4n) is 2.96. The molecule has 1 saturated carbocycles. The molecule has 0 spiro atoms. The first-order chi connectivity index (χ1) is 10.0. The van der Waals surface area contributed by atoms with Gasteiger partial charge in [0.1, 0.15) is 0 Å². The number of nitrogens with zero attached hydrogens (tertiary/aromatic N) is 1. The topological polar surface area (TPSA) is 46.3 Å². The van der Waals surface area contributed by atoms with Gasteiger partial charge >= 0.3 is 0 Å². The van der Waals surface area contributed by atoms with E-state index in [0.717, 1.165) is 19.3 Å². The van der Waals surface area contributed by atoms with Gasteiger partial charge in [-0.25, -0.2) is 0 Å². The predicted molar refractivity (Wildman–Crippen MR) is 89.2 cm³/mol. The van der Waals surface area contributed by atoms with Gasteiger partial charge in [0.25, 0.3) is 0 Å². The summed E-state index contributed by atoms with van der Waals surface area (Å²) in [4.78, 5) is 16.0. The third kappa shape index (κ3) is 4.24. The van der Waals surface area contributed by atoms with E-state index >= 15 is 0 Å². The maximum absolute atomic E-state index is 12.8. The summed E-state index contributed by atoms with van der Waals surface area (Å²) in [7, 11) is 0. The molecule has 0 radical (unpaired) electrons. The molecule has 0 bridgehead atoms. The molecular formula is C17H26N2OS. The molecule has 0 aromatic heterocycles. The van der Waals surface area contributed by atoms with E-state index in [4.69, 9.17) is 5.73 Å². The van der Waals surface area contributed by atoms with E-state index in [2.05, 4.69) is 44.4 Å². The van der Waals surface area contributed by atoms with Crippen LogP contribution in [0.1, 0.15) is 38.7 Å². The zero-order valence-corrected chi connectivity index (χ0v) is 14.0. The van der Waals surface area contributed by atoms with Crippen LogP contribution in [-0.4, -0.2) is 29.1 Å². The number of hydrogen-bond acceptors (Lipinski definition) is 3. The molecule has 1 amide bonds. The zero-order chi connectivity index (χ0) is 15.4. The second-order valence-corrected chi connectivity index (χ2v) is 7.06. The first kappa shape index (κ1) is 16.4. The highest BCUT2D eigenvalue weighted by Gasteiger charge is 2.32. The fraction of sp³-hybridized carbons (Fsp3) is 0.588. The number of carbonyl (C=O) groups excluding carboxylic acids is 1. The number of thioether (sulfide) groups is 1. The smallest absolute Gasteiger partial charge is 0.226 e. The Labute approximate surface area is 132 Å². The number of amides is 1. The van der Waals surface area contributed by atoms with Gasteiger partial charge in [-0.1, -0.05) is 12.1 Å². The average Bonchev–Trinajstić information content (AvgIpc) is 2.90. The minimum Gasteiger partial charge on any atom is -0.336 e. The van der Waals surface area contributed by atoms with Crippen LogP contribution >= 0.6 is 11.8 Å². The van der Waals surface area contributed by atoms with E-state index in [1.165, 1.54) is 10.5 Å². The molecule has 0 heterocycles. The summed E-state index contributed by atoms with van der Waals surface area (Å²) in [5.74, 6) is 0.388. The third-order valence-electron chi connectivity index (χ3n) is 4.22. The first-order valence-corrected chi connectivity index (χ1v) is 8.92. The maximum Gasteiger partial charge on any atom is 0.226 e. The van der Waals surface area contributed by atoms with Crippen molar-refractivity contribution < 1.29 is 4.79 Å². The summed E-state index contributed by atoms with van der Waals surface area (Å²) in [5, 5.41) is 0. The molecular weight excluding hydrogens is 280 g/mol. The van der Waals surface area contributed by atoms with Crippen LogP contribution in [0.15, 0.2) is 29.2 Å². The highest BCUT2D eigenvalue weighted by Crippen LogP contribution is 2.27. The number of nitrogens with two attached hydrogens (primary N) is 1. The highest BCUT2D eigenvalue weighted by molar-refractivity contribution is 7.98. The van der Waals surface area contributed by atoms with E-state index in [0.29, 0.717) is 6.54 Å². The van der Waals surface area contributed by atoms with Gasteiger partial charge in [-0.2, -0.15) is 0 Å². The lowest BCUT2D eigenvalue weighted by Gasteiger charge is -2.29. The first-order valence-electron chi connectivity index (χ1n) is 7.70. The van der Waals surface area contributed by atoms with E-state index in [9.17, 15) is 4.79 Å². The van der Waals surface area contributed by atoms with E-state index in [1.54, 1.807) is 11.8 Å². The molecule has 0 aliphatic heterocycles. The van der Waals surface area contributed by atoms with E-state index in [1.807, 2.05) is 4.90 Å². The maximum atomic E-state index is 12.8. The average molecular weight is 306 g/mol. The Kier molecular flexibility index (Phi) is 5.71. The summed E-state index contributed by atoms with van der Waals surface area (Å²) in [6.45, 7) is 4.87. The molecule has 0 saturated heterocycles. The molecule has 2 N–H and O–H groups in total. The van der Waals surface area contributed by atoms with Crippen molar-refractivity contribution in [3.8, 4) is 0 Å². The van der Waals surface area contributed by atoms with Crippen LogP contribution < -0.4 is 5.73 Å². The molecule has 1 aromatic carbocycles. The Morgan fingerprint density at radius 1 is 1.43 bits per heavy atom. The van der Waals surface area contributed by atoms with Crippen LogP contribution in [0.2, 0.25) is 0 Å². The van der Waals surface area contributed by atoms with Crippen LogP contribution in [-0.2, 0) is 11.3 Å². The quantitative estimate of drug-likeness (QED) is 0.849. The highest BCUT2D eigenvalue weighted by atomic mass is 32.2. The fourth-order valence-corrected chi connectivity index (χ4v) is 3.44. The lowest BCUT2D eigenvalue weighted by Crippen LogP contribution is -2.40. The van der Waals surface area contributed by atoms with Crippen molar-refractivity contribution in [1.29, 1.82) is 0 Å². The molecule has 2 rings (SSSR count). The summed E-state index contributed by atoms with van der Waals surface area (Å²) in [5.41, 5.74) is 7.16. The van der Waals surface area contributed by atoms with Crippen molar-refractivity contribution >= 4 is 17.7 Å². The number of benzene rings is 1. The van der Waals surface area contributed by atoms with Gasteiger partial charge in [0.05, 0.1) is 0 Å². The van der Waals surface area contributed by atoms with Gasteiger partial charge in [-0.15, -0.1) is 11.8 Å². The Balaban J connectivity index is 2.09. The summed E-state index contributed by atoms with van der Waals surface area (Å²) < 4.78 is 0. The van der Waals surface area contributed by atoms with Crippen molar-refractivity contribution in [1.82, 2.24) is 4.90 Å². The molecule has 3 nitrogen and oxygen atoms in total. The van der Waals surface area contributed by atoms with E-state index in [-0.39, 0.29) is 23.9 Å². The summed E-state index contributed by atoms with van der Waals surface area (Å²) in [6, 6.07) is 8.86. The minimum atomic E-state index is 0.117. The second kappa shape index (κ2) is 7.32. The van der Waals surface area contributed by atoms with Crippen LogP contribution in [0, 0.1) is 5.92 Å². The molecule has 1 fully saturated rings. The third-order valence-corrected chi connectivity index (χ3v) is 4.94. The minimum absolute atomic E-state index is 0.117. The van der Waals surface area contributed by atoms with Crippen molar-refractivity contribution in [3.05, 3.63) is 29.8 Å². The van der Waals surface area contributed by atoms with Gasteiger partial charge in [0, 0.05) is 29.4 Å². The van der Waals surface area contributed by atoms with Gasteiger partial charge in [0.15, 0.2) is 0 Å². The van der Waals surface area contributed by atoms with Crippen LogP contribution in [0.25, 0.3) is 0 Å². The molecule has 116 valence electrons. The lowest BCUT2D eigenvalue weighted by atomic mass is 10.0. The van der Waals surface area contributed by atoms with E-state index < -0.39 is 0 Å². The number of rotatable bonds is 5. The Morgan fingerprint density at radius 2 is 2.19 bits per heavy atom. The summed E-state index contributed by atoms with van der Waals surface area (Å²) >= 11 is 1.73. The lowest BCUT2D eigenvalue weighted by molar-refractivity contribution is -0.137. The standard InChI is InChI=1S/C17H26N2OS/c1-12(2)19(17(20)14-7-8-15(18)10-14)11-13-5-4-6-16(9-13)21-3/h4-6,9,12,14-15H,7-8,10-11,18H2,1-3H3. The van der Waals surface area contributed by atoms with Crippen LogP contribution in [0.4, 0.5) is 0 Å². The zero-order valence-electron chi connectivity index (χ0n) is 13.2. The van der Waals surface area contributed by atoms with Crippen molar-refractivity contribution in [2.24, 2.45) is 11.7 Å². The van der Waals surface area contributed by atoms with Crippen LogP contribution in [0.5, 0.6) is 0 Å². The molecule has 1 aliphatic carbocycles.